The maximum Gasteiger partial charge on any atom is 0.307 e. The molecule has 2 fully saturated rings. The van der Waals surface area contributed by atoms with E-state index in [4.69, 9.17) is 5.11 Å². The van der Waals surface area contributed by atoms with Gasteiger partial charge in [0.2, 0.25) is 0 Å². The van der Waals surface area contributed by atoms with Crippen molar-refractivity contribution >= 4 is 5.97 Å². The average Bonchev–Trinajstić information content (AvgIpc) is 2.07. The predicted molar refractivity (Wildman–Crippen MR) is 27.3 cm³/mol. The van der Waals surface area contributed by atoms with Crippen molar-refractivity contribution in [3.05, 3.63) is 0 Å². The van der Waals surface area contributed by atoms with E-state index in [2.05, 4.69) is 0 Å². The Morgan fingerprint density at radius 2 is 1.88 bits per heavy atom. The molecule has 0 bridgehead atoms. The van der Waals surface area contributed by atoms with E-state index in [-0.39, 0.29) is 5.92 Å². The lowest BCUT2D eigenvalue weighted by Crippen LogP contribution is -1.97. The standard InChI is InChI=1S/C6H8O2/c7-6(8)5-3-1-2-4(3)5/h3-5H,1-2H2,(H,7,8)/t3-,4+,5?. The maximum atomic E-state index is 10.2. The van der Waals surface area contributed by atoms with Gasteiger partial charge in [-0.05, 0) is 24.7 Å². The average molecular weight is 112 g/mol. The van der Waals surface area contributed by atoms with Crippen molar-refractivity contribution in [2.45, 2.75) is 12.8 Å². The van der Waals surface area contributed by atoms with Crippen molar-refractivity contribution in [2.24, 2.45) is 17.8 Å². The Morgan fingerprint density at radius 1 is 1.38 bits per heavy atom. The van der Waals surface area contributed by atoms with Crippen LogP contribution in [-0.4, -0.2) is 11.1 Å². The Bertz CT molecular complexity index is 131. The van der Waals surface area contributed by atoms with Crippen LogP contribution in [0.4, 0.5) is 0 Å². The summed E-state index contributed by atoms with van der Waals surface area (Å²) in [4.78, 5) is 10.2. The molecule has 0 aromatic rings. The van der Waals surface area contributed by atoms with Crippen LogP contribution >= 0.6 is 0 Å². The number of rotatable bonds is 1. The number of carbonyl (C=O) groups is 1. The molecule has 0 amide bonds. The minimum absolute atomic E-state index is 0.0648. The molecule has 1 N–H and O–H groups in total. The second-order valence-electron chi connectivity index (χ2n) is 2.77. The second-order valence-corrected chi connectivity index (χ2v) is 2.77. The van der Waals surface area contributed by atoms with Crippen molar-refractivity contribution in [2.75, 3.05) is 0 Å². The van der Waals surface area contributed by atoms with Crippen LogP contribution in [0.15, 0.2) is 0 Å². The molecule has 0 aromatic carbocycles. The second kappa shape index (κ2) is 1.07. The summed E-state index contributed by atoms with van der Waals surface area (Å²) in [5.74, 6) is 0.674. The summed E-state index contributed by atoms with van der Waals surface area (Å²) in [6.45, 7) is 0. The van der Waals surface area contributed by atoms with Crippen LogP contribution in [0.3, 0.4) is 0 Å². The molecule has 0 aromatic heterocycles. The van der Waals surface area contributed by atoms with Gasteiger partial charge in [-0.15, -0.1) is 0 Å². The molecule has 44 valence electrons. The van der Waals surface area contributed by atoms with Crippen LogP contribution in [-0.2, 0) is 4.79 Å². The number of aliphatic carboxylic acids is 1. The van der Waals surface area contributed by atoms with Crippen LogP contribution in [0, 0.1) is 17.8 Å². The molecule has 2 nitrogen and oxygen atoms in total. The van der Waals surface area contributed by atoms with Gasteiger partial charge >= 0.3 is 5.97 Å². The van der Waals surface area contributed by atoms with Crippen LogP contribution < -0.4 is 0 Å². The van der Waals surface area contributed by atoms with Gasteiger partial charge in [-0.2, -0.15) is 0 Å². The van der Waals surface area contributed by atoms with Gasteiger partial charge < -0.3 is 5.11 Å². The third-order valence-corrected chi connectivity index (χ3v) is 2.45. The van der Waals surface area contributed by atoms with Crippen LogP contribution in [0.2, 0.25) is 0 Å². The summed E-state index contributed by atoms with van der Waals surface area (Å²) in [6, 6.07) is 0. The minimum Gasteiger partial charge on any atom is -0.481 e. The molecule has 0 aliphatic heterocycles. The Hall–Kier alpha value is -0.530. The normalized spacial score (nSPS) is 49.2. The topological polar surface area (TPSA) is 37.3 Å². The molecule has 2 aliphatic rings. The minimum atomic E-state index is -0.572. The summed E-state index contributed by atoms with van der Waals surface area (Å²) in [5.41, 5.74) is 0. The van der Waals surface area contributed by atoms with Gasteiger partial charge in [0.1, 0.15) is 0 Å². The Kier molecular flexibility index (Phi) is 0.581. The fraction of sp³-hybridized carbons (Fsp3) is 0.833. The molecule has 0 heterocycles. The smallest absolute Gasteiger partial charge is 0.307 e. The summed E-state index contributed by atoms with van der Waals surface area (Å²) in [7, 11) is 0. The van der Waals surface area contributed by atoms with Gasteiger partial charge in [0, 0.05) is 0 Å². The number of carboxylic acid groups (broad SMARTS) is 1. The number of fused-ring (bicyclic) bond motifs is 1. The molecule has 0 saturated heterocycles. The lowest BCUT2D eigenvalue weighted by Gasteiger charge is -2.04. The maximum absolute atomic E-state index is 10.2. The Labute approximate surface area is 47.5 Å². The molecule has 0 radical (unpaired) electrons. The zero-order valence-corrected chi connectivity index (χ0v) is 4.50. The zero-order valence-electron chi connectivity index (χ0n) is 4.50. The van der Waals surface area contributed by atoms with Gasteiger partial charge in [0.15, 0.2) is 0 Å². The fourth-order valence-electron chi connectivity index (χ4n) is 1.72. The fourth-order valence-corrected chi connectivity index (χ4v) is 1.72. The molecule has 2 rings (SSSR count). The first-order chi connectivity index (χ1) is 3.80. The van der Waals surface area contributed by atoms with Gasteiger partial charge in [0.05, 0.1) is 5.92 Å². The van der Waals surface area contributed by atoms with Gasteiger partial charge in [-0.25, -0.2) is 0 Å². The summed E-state index contributed by atoms with van der Waals surface area (Å²) in [5, 5.41) is 8.43. The van der Waals surface area contributed by atoms with Crippen molar-refractivity contribution < 1.29 is 9.90 Å². The highest BCUT2D eigenvalue weighted by molar-refractivity contribution is 5.75. The number of carboxylic acids is 1. The molecule has 8 heavy (non-hydrogen) atoms. The highest BCUT2D eigenvalue weighted by Gasteiger charge is 2.60. The SMILES string of the molecule is O=C(O)C1[C@H]2CC[C@@H]12. The molecule has 1 unspecified atom stereocenters. The first-order valence-corrected chi connectivity index (χ1v) is 3.03. The molecular weight excluding hydrogens is 104 g/mol. The Balaban J connectivity index is 2.04. The zero-order chi connectivity index (χ0) is 5.72. The number of hydrogen-bond donors (Lipinski definition) is 1. The van der Waals surface area contributed by atoms with E-state index < -0.39 is 5.97 Å². The van der Waals surface area contributed by atoms with E-state index in [1.807, 2.05) is 0 Å². The highest BCUT2D eigenvalue weighted by atomic mass is 16.4. The largest absolute Gasteiger partial charge is 0.481 e. The first kappa shape index (κ1) is 4.36. The third kappa shape index (κ3) is 0.320. The van der Waals surface area contributed by atoms with E-state index in [1.165, 1.54) is 12.8 Å². The first-order valence-electron chi connectivity index (χ1n) is 3.03. The molecule has 2 aliphatic carbocycles. The third-order valence-electron chi connectivity index (χ3n) is 2.45. The number of hydrogen-bond acceptors (Lipinski definition) is 1. The summed E-state index contributed by atoms with van der Waals surface area (Å²) < 4.78 is 0. The van der Waals surface area contributed by atoms with E-state index in [9.17, 15) is 4.79 Å². The van der Waals surface area contributed by atoms with E-state index in [1.54, 1.807) is 0 Å². The highest BCUT2D eigenvalue weighted by Crippen LogP contribution is 2.61. The monoisotopic (exact) mass is 112 g/mol. The molecule has 2 saturated carbocycles. The van der Waals surface area contributed by atoms with Crippen molar-refractivity contribution in [3.8, 4) is 0 Å². The van der Waals surface area contributed by atoms with Crippen LogP contribution in [0.1, 0.15) is 12.8 Å². The van der Waals surface area contributed by atoms with Gasteiger partial charge in [-0.1, -0.05) is 0 Å². The van der Waals surface area contributed by atoms with Crippen molar-refractivity contribution in [1.29, 1.82) is 0 Å². The Morgan fingerprint density at radius 3 is 2.00 bits per heavy atom. The van der Waals surface area contributed by atoms with Gasteiger partial charge in [0.25, 0.3) is 0 Å². The van der Waals surface area contributed by atoms with Crippen molar-refractivity contribution in [1.82, 2.24) is 0 Å². The quantitative estimate of drug-likeness (QED) is 0.542. The summed E-state index contributed by atoms with van der Waals surface area (Å²) in [6.07, 6.45) is 2.34. The molecule has 0 spiro atoms. The van der Waals surface area contributed by atoms with E-state index >= 15 is 0 Å². The van der Waals surface area contributed by atoms with E-state index in [0.717, 1.165) is 0 Å². The molecule has 2 heteroatoms. The molecular formula is C6H8O2. The molecule has 3 atom stereocenters. The lowest BCUT2D eigenvalue weighted by atomic mass is 10.0. The van der Waals surface area contributed by atoms with Crippen LogP contribution in [0.5, 0.6) is 0 Å². The van der Waals surface area contributed by atoms with Gasteiger partial charge in [-0.3, -0.25) is 4.79 Å². The predicted octanol–water partition coefficient (Wildman–Crippen LogP) is 0.727. The van der Waals surface area contributed by atoms with Crippen LogP contribution in [0.25, 0.3) is 0 Å². The summed E-state index contributed by atoms with van der Waals surface area (Å²) >= 11 is 0. The lowest BCUT2D eigenvalue weighted by molar-refractivity contribution is -0.138. The van der Waals surface area contributed by atoms with Crippen molar-refractivity contribution in [3.63, 3.8) is 0 Å². The van der Waals surface area contributed by atoms with E-state index in [0.29, 0.717) is 11.8 Å².